The Morgan fingerprint density at radius 2 is 1.87 bits per heavy atom. The van der Waals surface area contributed by atoms with Gasteiger partial charge in [-0.15, -0.1) is 0 Å². The summed E-state index contributed by atoms with van der Waals surface area (Å²) in [5.74, 6) is 0. The molecule has 0 spiro atoms. The molecule has 198 valence electrons. The van der Waals surface area contributed by atoms with Gasteiger partial charge < -0.3 is 15.5 Å². The van der Waals surface area contributed by atoms with Crippen LogP contribution in [0.15, 0.2) is 74.9 Å². The van der Waals surface area contributed by atoms with Crippen molar-refractivity contribution in [3.05, 3.63) is 80.4 Å². The molecule has 3 heterocycles. The molecule has 0 aliphatic carbocycles. The number of allylic oxidation sites excluding steroid dienone is 3. The van der Waals surface area contributed by atoms with Gasteiger partial charge in [-0.3, -0.25) is 14.1 Å². The van der Waals surface area contributed by atoms with E-state index in [-0.39, 0.29) is 11.6 Å². The summed E-state index contributed by atoms with van der Waals surface area (Å²) >= 11 is 2.95. The number of aromatic nitrogens is 2. The molecule has 3 aromatic rings. The van der Waals surface area contributed by atoms with E-state index < -0.39 is 0 Å². The number of anilines is 2. The molecule has 38 heavy (non-hydrogen) atoms. The summed E-state index contributed by atoms with van der Waals surface area (Å²) in [4.78, 5) is 33.7. The van der Waals surface area contributed by atoms with Crippen molar-refractivity contribution in [3.8, 4) is 5.69 Å². The molecule has 5 rings (SSSR count). The number of thioether (sulfide) groups is 1. The minimum atomic E-state index is -0.304. The molecule has 10 heteroatoms. The summed E-state index contributed by atoms with van der Waals surface area (Å²) in [7, 11) is 0. The molecule has 0 saturated carbocycles. The third-order valence-electron chi connectivity index (χ3n) is 6.54. The fourth-order valence-electron chi connectivity index (χ4n) is 4.54. The van der Waals surface area contributed by atoms with Gasteiger partial charge in [-0.2, -0.15) is 0 Å². The van der Waals surface area contributed by atoms with Gasteiger partial charge in [-0.05, 0) is 112 Å². The van der Waals surface area contributed by atoms with Crippen LogP contribution >= 0.6 is 23.7 Å². The predicted octanol–water partition coefficient (Wildman–Crippen LogP) is 5.94. The van der Waals surface area contributed by atoms with Gasteiger partial charge in [0.2, 0.25) is 0 Å². The predicted molar refractivity (Wildman–Crippen MR) is 160 cm³/mol. The lowest BCUT2D eigenvalue weighted by Gasteiger charge is -2.15. The van der Waals surface area contributed by atoms with Gasteiger partial charge in [-0.25, -0.2) is 9.78 Å². The second-order valence-electron chi connectivity index (χ2n) is 9.36. The van der Waals surface area contributed by atoms with Crippen molar-refractivity contribution < 1.29 is 4.79 Å². The van der Waals surface area contributed by atoms with E-state index in [9.17, 15) is 9.59 Å². The SMILES string of the molecule is CC1=CCC=C(SNC(=O)Nc2ccc(-n3cnc4cc(NCCCN5CCCC5)ccc4c3=O)cc2)S1. The lowest BCUT2D eigenvalue weighted by molar-refractivity contribution is 0.257. The number of carbonyl (C=O) groups is 1. The first kappa shape index (κ1) is 26.4. The fourth-order valence-corrected chi connectivity index (χ4v) is 6.33. The Labute approximate surface area is 231 Å². The molecular weight excluding hydrogens is 516 g/mol. The van der Waals surface area contributed by atoms with Crippen molar-refractivity contribution in [2.45, 2.75) is 32.6 Å². The number of urea groups is 1. The van der Waals surface area contributed by atoms with Crippen molar-refractivity contribution in [2.75, 3.05) is 36.8 Å². The number of hydrogen-bond acceptors (Lipinski definition) is 7. The Bertz CT molecular complexity index is 1410. The summed E-state index contributed by atoms with van der Waals surface area (Å²) in [6, 6.07) is 12.5. The standard InChI is InChI=1S/C28H32N6O2S2/c1-20-6-4-7-26(37-20)38-32-28(36)31-21-8-11-23(12-9-21)34-19-30-25-18-22(10-13-24(25)27(34)35)29-14-5-17-33-15-2-3-16-33/h6-13,18-19,29H,2-5,14-17H2,1H3,(H2,31,32,36). The van der Waals surface area contributed by atoms with Crippen molar-refractivity contribution in [1.29, 1.82) is 0 Å². The maximum absolute atomic E-state index is 13.2. The molecule has 0 unspecified atom stereocenters. The molecule has 0 atom stereocenters. The zero-order valence-corrected chi connectivity index (χ0v) is 23.0. The highest BCUT2D eigenvalue weighted by atomic mass is 32.2. The van der Waals surface area contributed by atoms with Crippen LogP contribution in [0.4, 0.5) is 16.2 Å². The molecule has 1 fully saturated rings. The van der Waals surface area contributed by atoms with Crippen LogP contribution in [0.5, 0.6) is 0 Å². The normalized spacial score (nSPS) is 15.7. The summed E-state index contributed by atoms with van der Waals surface area (Å²) < 4.78 is 5.38. The van der Waals surface area contributed by atoms with E-state index in [2.05, 4.69) is 44.3 Å². The lowest BCUT2D eigenvalue weighted by atomic mass is 10.2. The Kier molecular flexibility index (Phi) is 8.72. The summed E-state index contributed by atoms with van der Waals surface area (Å²) in [5, 5.41) is 6.84. The highest BCUT2D eigenvalue weighted by Gasteiger charge is 2.12. The van der Waals surface area contributed by atoms with E-state index in [0.29, 0.717) is 22.3 Å². The highest BCUT2D eigenvalue weighted by Crippen LogP contribution is 2.36. The molecule has 3 N–H and O–H groups in total. The Balaban J connectivity index is 1.17. The first-order chi connectivity index (χ1) is 18.5. The van der Waals surface area contributed by atoms with Gasteiger partial charge in [0.15, 0.2) is 0 Å². The van der Waals surface area contributed by atoms with E-state index >= 15 is 0 Å². The molecule has 0 radical (unpaired) electrons. The molecule has 2 aromatic carbocycles. The molecule has 1 aromatic heterocycles. The van der Waals surface area contributed by atoms with Gasteiger partial charge >= 0.3 is 6.03 Å². The third kappa shape index (κ3) is 6.80. The summed E-state index contributed by atoms with van der Waals surface area (Å²) in [6.45, 7) is 6.51. The number of fused-ring (bicyclic) bond motifs is 1. The quantitative estimate of drug-likeness (QED) is 0.225. The van der Waals surface area contributed by atoms with Crippen molar-refractivity contribution in [3.63, 3.8) is 0 Å². The highest BCUT2D eigenvalue weighted by molar-refractivity contribution is 8.23. The van der Waals surface area contributed by atoms with Crippen LogP contribution in [0.25, 0.3) is 16.6 Å². The first-order valence-electron chi connectivity index (χ1n) is 12.9. The van der Waals surface area contributed by atoms with Crippen LogP contribution in [0.2, 0.25) is 0 Å². The maximum atomic E-state index is 13.2. The van der Waals surface area contributed by atoms with Gasteiger partial charge in [0.1, 0.15) is 6.33 Å². The zero-order chi connectivity index (χ0) is 26.3. The van der Waals surface area contributed by atoms with Crippen molar-refractivity contribution in [1.82, 2.24) is 19.2 Å². The van der Waals surface area contributed by atoms with Crippen LogP contribution in [0.3, 0.4) is 0 Å². The van der Waals surface area contributed by atoms with Crippen molar-refractivity contribution in [2.24, 2.45) is 0 Å². The number of rotatable bonds is 9. The van der Waals surface area contributed by atoms with Crippen LogP contribution in [0, 0.1) is 0 Å². The van der Waals surface area contributed by atoms with Crippen molar-refractivity contribution >= 4 is 52.0 Å². The van der Waals surface area contributed by atoms with Crippen LogP contribution in [-0.4, -0.2) is 46.7 Å². The van der Waals surface area contributed by atoms with Crippen LogP contribution < -0.4 is 20.9 Å². The van der Waals surface area contributed by atoms with E-state index in [1.54, 1.807) is 42.4 Å². The lowest BCUT2D eigenvalue weighted by Crippen LogP contribution is -2.23. The van der Waals surface area contributed by atoms with Crippen LogP contribution in [0.1, 0.15) is 32.6 Å². The number of likely N-dealkylation sites (tertiary alicyclic amines) is 1. The van der Waals surface area contributed by atoms with E-state index in [1.807, 2.05) is 18.2 Å². The fraction of sp³-hybridized carbons (Fsp3) is 0.321. The molecule has 2 aliphatic heterocycles. The monoisotopic (exact) mass is 548 g/mol. The summed E-state index contributed by atoms with van der Waals surface area (Å²) in [6.07, 6.45) is 10.4. The van der Waals surface area contributed by atoms with Gasteiger partial charge in [0.25, 0.3) is 5.56 Å². The molecule has 0 bridgehead atoms. The number of nitrogens with one attached hydrogen (secondary N) is 3. The van der Waals surface area contributed by atoms with E-state index in [1.165, 1.54) is 47.4 Å². The molecule has 1 saturated heterocycles. The summed E-state index contributed by atoms with van der Waals surface area (Å²) in [5.41, 5.74) is 2.82. The maximum Gasteiger partial charge on any atom is 0.329 e. The van der Waals surface area contributed by atoms with E-state index in [4.69, 9.17) is 0 Å². The zero-order valence-electron chi connectivity index (χ0n) is 21.4. The second-order valence-corrected chi connectivity index (χ2v) is 11.8. The Morgan fingerprint density at radius 1 is 1.08 bits per heavy atom. The average Bonchev–Trinajstić information content (AvgIpc) is 3.45. The number of nitrogens with zero attached hydrogens (tertiary/aromatic N) is 3. The third-order valence-corrected chi connectivity index (χ3v) is 8.55. The van der Waals surface area contributed by atoms with Gasteiger partial charge in [-0.1, -0.05) is 23.9 Å². The van der Waals surface area contributed by atoms with Crippen LogP contribution in [-0.2, 0) is 0 Å². The van der Waals surface area contributed by atoms with E-state index in [0.717, 1.165) is 35.9 Å². The number of amides is 2. The second kappa shape index (κ2) is 12.6. The molecular formula is C28H32N6O2S2. The smallest absolute Gasteiger partial charge is 0.329 e. The minimum Gasteiger partial charge on any atom is -0.385 e. The Morgan fingerprint density at radius 3 is 2.66 bits per heavy atom. The molecule has 2 amide bonds. The first-order valence-corrected chi connectivity index (χ1v) is 14.6. The van der Waals surface area contributed by atoms with Gasteiger partial charge in [0.05, 0.1) is 20.8 Å². The Hall–Kier alpha value is -3.21. The molecule has 8 nitrogen and oxygen atoms in total. The average molecular weight is 549 g/mol. The largest absolute Gasteiger partial charge is 0.385 e. The number of carbonyl (C=O) groups excluding carboxylic acids is 1. The topological polar surface area (TPSA) is 91.3 Å². The van der Waals surface area contributed by atoms with Gasteiger partial charge in [0, 0.05) is 17.9 Å². The number of benzene rings is 2. The minimum absolute atomic E-state index is 0.131. The number of hydrogen-bond donors (Lipinski definition) is 3. The molecule has 2 aliphatic rings.